The first kappa shape index (κ1) is 15.2. The number of fused-ring (bicyclic) bond motifs is 1. The summed E-state index contributed by atoms with van der Waals surface area (Å²) in [6.45, 7) is 4.22. The van der Waals surface area contributed by atoms with Gasteiger partial charge in [0.2, 0.25) is 5.43 Å². The van der Waals surface area contributed by atoms with E-state index in [1.807, 2.05) is 47.2 Å². The first-order valence-corrected chi connectivity index (χ1v) is 8.12. The smallest absolute Gasteiger partial charge is 0.239 e. The van der Waals surface area contributed by atoms with Gasteiger partial charge in [-0.2, -0.15) is 5.10 Å². The minimum absolute atomic E-state index is 0.145. The van der Waals surface area contributed by atoms with Crippen LogP contribution in [0.1, 0.15) is 19.4 Å². The van der Waals surface area contributed by atoms with E-state index in [-0.39, 0.29) is 11.0 Å². The second-order valence-corrected chi connectivity index (χ2v) is 6.55. The van der Waals surface area contributed by atoms with Crippen LogP contribution < -0.4 is 5.43 Å². The highest BCUT2D eigenvalue weighted by Gasteiger charge is 2.24. The molecule has 2 aromatic heterocycles. The van der Waals surface area contributed by atoms with Crippen LogP contribution in [0.3, 0.4) is 0 Å². The molecule has 1 N–H and O–H groups in total. The Balaban J connectivity index is 1.99. The summed E-state index contributed by atoms with van der Waals surface area (Å²) in [5.74, 6) is 0. The van der Waals surface area contributed by atoms with Crippen LogP contribution in [0.2, 0.25) is 0 Å². The van der Waals surface area contributed by atoms with Gasteiger partial charge in [0.05, 0.1) is 22.6 Å². The zero-order valence-electron chi connectivity index (χ0n) is 14.1. The maximum absolute atomic E-state index is 12.3. The lowest BCUT2D eigenvalue weighted by Gasteiger charge is -2.28. The van der Waals surface area contributed by atoms with Gasteiger partial charge in [-0.25, -0.2) is 0 Å². The molecule has 4 nitrogen and oxygen atoms in total. The maximum Gasteiger partial charge on any atom is 0.239 e. The van der Waals surface area contributed by atoms with Crippen molar-refractivity contribution in [3.63, 3.8) is 0 Å². The number of rotatable bonds is 3. The van der Waals surface area contributed by atoms with E-state index in [1.165, 1.54) is 0 Å². The quantitative estimate of drug-likeness (QED) is 0.622. The predicted molar refractivity (Wildman–Crippen MR) is 98.3 cm³/mol. The highest BCUT2D eigenvalue weighted by molar-refractivity contribution is 5.84. The second kappa shape index (κ2) is 5.64. The third-order valence-corrected chi connectivity index (χ3v) is 4.64. The lowest BCUT2D eigenvalue weighted by Crippen LogP contribution is -2.28. The Bertz CT molecular complexity index is 1080. The highest BCUT2D eigenvalue weighted by Crippen LogP contribution is 2.29. The normalized spacial score (nSPS) is 11.4. The number of nitrogens with one attached hydrogen (secondary N) is 1. The lowest BCUT2D eigenvalue weighted by molar-refractivity contribution is 0.449. The van der Waals surface area contributed by atoms with Gasteiger partial charge in [0, 0.05) is 24.0 Å². The molecule has 0 saturated carbocycles. The van der Waals surface area contributed by atoms with Crippen molar-refractivity contribution in [1.29, 1.82) is 0 Å². The van der Waals surface area contributed by atoms with Crippen LogP contribution in [0.15, 0.2) is 65.7 Å². The summed E-state index contributed by atoms with van der Waals surface area (Å²) in [6.07, 6.45) is 6.65. The van der Waals surface area contributed by atoms with Crippen molar-refractivity contribution in [3.8, 4) is 11.1 Å². The zero-order valence-corrected chi connectivity index (χ0v) is 14.1. The van der Waals surface area contributed by atoms with E-state index >= 15 is 0 Å². The van der Waals surface area contributed by atoms with Crippen LogP contribution in [-0.4, -0.2) is 14.8 Å². The number of benzene rings is 2. The van der Waals surface area contributed by atoms with Crippen LogP contribution in [0.4, 0.5) is 0 Å². The van der Waals surface area contributed by atoms with Crippen LogP contribution in [0.25, 0.3) is 22.0 Å². The number of nitrogens with zero attached hydrogens (tertiary/aromatic N) is 2. The fourth-order valence-corrected chi connectivity index (χ4v) is 3.15. The van der Waals surface area contributed by atoms with Crippen molar-refractivity contribution in [2.45, 2.75) is 19.4 Å². The summed E-state index contributed by atoms with van der Waals surface area (Å²) in [6, 6.07) is 18.7. The van der Waals surface area contributed by atoms with Crippen molar-refractivity contribution < 1.29 is 0 Å². The minimum atomic E-state index is -0.376. The van der Waals surface area contributed by atoms with Crippen molar-refractivity contribution in [2.24, 2.45) is 0 Å². The summed E-state index contributed by atoms with van der Waals surface area (Å²) in [5, 5.41) is 7.47. The molecule has 0 spiro atoms. The predicted octanol–water partition coefficient (Wildman–Crippen LogP) is 3.78. The molecular weight excluding hydrogens is 310 g/mol. The van der Waals surface area contributed by atoms with E-state index in [1.54, 1.807) is 6.20 Å². The number of H-pyrrole nitrogens is 1. The fraction of sp³-hybridized carbons (Fsp3) is 0.143. The molecule has 25 heavy (non-hydrogen) atoms. The van der Waals surface area contributed by atoms with Crippen molar-refractivity contribution in [1.82, 2.24) is 14.8 Å². The molecule has 0 aliphatic heterocycles. The van der Waals surface area contributed by atoms with Gasteiger partial charge < -0.3 is 0 Å². The Hall–Kier alpha value is -3.32. The van der Waals surface area contributed by atoms with Gasteiger partial charge in [0.25, 0.3) is 0 Å². The summed E-state index contributed by atoms with van der Waals surface area (Å²) in [5.41, 5.74) is 3.42. The van der Waals surface area contributed by atoms with E-state index in [4.69, 9.17) is 0 Å². The van der Waals surface area contributed by atoms with Crippen LogP contribution in [0.5, 0.6) is 0 Å². The lowest BCUT2D eigenvalue weighted by atomic mass is 9.93. The third kappa shape index (κ3) is 2.50. The van der Waals surface area contributed by atoms with E-state index in [2.05, 4.69) is 48.4 Å². The Morgan fingerprint density at radius 2 is 1.88 bits per heavy atom. The minimum Gasteiger partial charge on any atom is -0.290 e. The molecule has 0 aliphatic carbocycles. The summed E-state index contributed by atoms with van der Waals surface area (Å²) in [7, 11) is 0. The molecule has 0 saturated heterocycles. The molecule has 0 fully saturated rings. The molecule has 4 aromatic rings. The number of aromatic amines is 1. The Labute approximate surface area is 145 Å². The SMILES string of the molecule is CC(C)(c1ccccc1)n1c#cc(=O)c2ccc(-c3cn[nH]c3)cc21. The average Bonchev–Trinajstić information content (AvgIpc) is 3.17. The average molecular weight is 327 g/mol. The standard InChI is InChI=1S/C21H17N3O/c1-21(2,17-6-4-3-5-7-17)24-11-10-20(25)18-9-8-15(12-19(18)24)16-13-22-23-14-16/h3-9,12-14H,1-2H3,(H,22,23). The molecule has 0 bridgehead atoms. The fourth-order valence-electron chi connectivity index (χ4n) is 3.15. The van der Waals surface area contributed by atoms with E-state index in [0.717, 1.165) is 22.2 Å². The molecule has 0 amide bonds. The maximum atomic E-state index is 12.3. The van der Waals surface area contributed by atoms with Gasteiger partial charge in [0.15, 0.2) is 0 Å². The topological polar surface area (TPSA) is 50.7 Å². The van der Waals surface area contributed by atoms with Gasteiger partial charge in [-0.3, -0.25) is 14.5 Å². The monoisotopic (exact) mass is 327 g/mol. The van der Waals surface area contributed by atoms with Crippen LogP contribution >= 0.6 is 0 Å². The molecule has 0 atom stereocenters. The molecule has 4 heteroatoms. The summed E-state index contributed by atoms with van der Waals surface area (Å²) >= 11 is 0. The highest BCUT2D eigenvalue weighted by atomic mass is 16.1. The molecule has 2 heterocycles. The number of hydrogen-bond acceptors (Lipinski definition) is 2. The largest absolute Gasteiger partial charge is 0.290 e. The van der Waals surface area contributed by atoms with Gasteiger partial charge >= 0.3 is 0 Å². The molecular formula is C21H17N3O. The molecule has 2 aromatic carbocycles. The van der Waals surface area contributed by atoms with E-state index in [0.29, 0.717) is 5.39 Å². The first-order chi connectivity index (χ1) is 12.1. The van der Waals surface area contributed by atoms with E-state index in [9.17, 15) is 4.79 Å². The molecule has 0 radical (unpaired) electrons. The molecule has 4 rings (SSSR count). The van der Waals surface area contributed by atoms with E-state index < -0.39 is 0 Å². The Kier molecular flexibility index (Phi) is 3.43. The molecule has 0 unspecified atom stereocenters. The third-order valence-electron chi connectivity index (χ3n) is 4.64. The number of aromatic nitrogens is 3. The molecule has 122 valence electrons. The zero-order chi connectivity index (χ0) is 17.4. The summed E-state index contributed by atoms with van der Waals surface area (Å²) < 4.78 is 1.99. The second-order valence-electron chi connectivity index (χ2n) is 6.55. The Morgan fingerprint density at radius 3 is 2.60 bits per heavy atom. The number of hydrogen-bond donors (Lipinski definition) is 1. The van der Waals surface area contributed by atoms with Gasteiger partial charge in [-0.05, 0) is 37.1 Å². The van der Waals surface area contributed by atoms with Crippen LogP contribution in [-0.2, 0) is 5.54 Å². The van der Waals surface area contributed by atoms with Crippen molar-refractivity contribution in [3.05, 3.63) is 89.0 Å². The Morgan fingerprint density at radius 1 is 1.08 bits per heavy atom. The van der Waals surface area contributed by atoms with Gasteiger partial charge in [0.1, 0.15) is 0 Å². The first-order valence-electron chi connectivity index (χ1n) is 8.12. The molecule has 0 aliphatic rings. The van der Waals surface area contributed by atoms with Gasteiger partial charge in [-0.1, -0.05) is 36.4 Å². The summed E-state index contributed by atoms with van der Waals surface area (Å²) in [4.78, 5) is 12.3. The van der Waals surface area contributed by atoms with Crippen molar-refractivity contribution >= 4 is 10.9 Å². The van der Waals surface area contributed by atoms with Gasteiger partial charge in [-0.15, -0.1) is 0 Å². The van der Waals surface area contributed by atoms with Crippen LogP contribution in [0, 0.1) is 12.3 Å². The van der Waals surface area contributed by atoms with Crippen molar-refractivity contribution in [2.75, 3.05) is 0 Å².